The highest BCUT2D eigenvalue weighted by molar-refractivity contribution is 5.78. The number of carbonyl (C=O) groups excluding carboxylic acids is 1. The largest absolute Gasteiger partial charge is 0.368 e. The van der Waals surface area contributed by atoms with Crippen LogP contribution in [0.3, 0.4) is 0 Å². The van der Waals surface area contributed by atoms with E-state index in [1.165, 1.54) is 35.4 Å². The summed E-state index contributed by atoms with van der Waals surface area (Å²) in [6.45, 7) is 3.95. The molecule has 0 radical (unpaired) electrons. The lowest BCUT2D eigenvalue weighted by molar-refractivity contribution is -0.107. The molecular weight excluding hydrogens is 431 g/mol. The van der Waals surface area contributed by atoms with E-state index in [2.05, 4.69) is 20.5 Å². The number of anilines is 2. The van der Waals surface area contributed by atoms with Crippen molar-refractivity contribution in [3.8, 4) is 11.3 Å². The number of aromatic nitrogens is 3. The van der Waals surface area contributed by atoms with Gasteiger partial charge in [-0.2, -0.15) is 0 Å². The lowest BCUT2D eigenvalue weighted by Gasteiger charge is -2.44. The van der Waals surface area contributed by atoms with Gasteiger partial charge >= 0.3 is 0 Å². The van der Waals surface area contributed by atoms with Crippen molar-refractivity contribution in [2.45, 2.75) is 44.3 Å². The van der Waals surface area contributed by atoms with Crippen molar-refractivity contribution in [3.63, 3.8) is 0 Å². The molecule has 0 atom stereocenters. The Labute approximate surface area is 189 Å². The van der Waals surface area contributed by atoms with E-state index in [-0.39, 0.29) is 36.7 Å². The molecule has 172 valence electrons. The highest BCUT2D eigenvalue weighted by Gasteiger charge is 2.48. The predicted octanol–water partition coefficient (Wildman–Crippen LogP) is 4.67. The Hall–Kier alpha value is -3.49. The predicted molar refractivity (Wildman–Crippen MR) is 120 cm³/mol. The molecule has 0 spiro atoms. The number of hydrogen-bond donors (Lipinski definition) is 1. The van der Waals surface area contributed by atoms with E-state index >= 15 is 0 Å². The van der Waals surface area contributed by atoms with Crippen LogP contribution in [0, 0.1) is 11.6 Å². The van der Waals surface area contributed by atoms with E-state index in [4.69, 9.17) is 0 Å². The molecule has 1 N–H and O–H groups in total. The van der Waals surface area contributed by atoms with Crippen LogP contribution in [-0.4, -0.2) is 40.3 Å². The topological polar surface area (TPSA) is 71.0 Å². The van der Waals surface area contributed by atoms with Crippen molar-refractivity contribution in [1.82, 2.24) is 15.2 Å². The van der Waals surface area contributed by atoms with Crippen LogP contribution in [0.2, 0.25) is 0 Å². The highest BCUT2D eigenvalue weighted by Crippen LogP contribution is 2.45. The van der Waals surface area contributed by atoms with Gasteiger partial charge in [-0.05, 0) is 69.2 Å². The monoisotopic (exact) mass is 455 g/mol. The molecule has 2 heterocycles. The smallest absolute Gasteiger partial charge is 0.214 e. The summed E-state index contributed by atoms with van der Waals surface area (Å²) in [7, 11) is 0. The second-order valence-electron chi connectivity index (χ2n) is 8.55. The first-order valence-electron chi connectivity index (χ1n) is 10.7. The number of carbonyl (C=O) groups is 1. The molecule has 4 rings (SSSR count). The Balaban J connectivity index is 1.52. The van der Waals surface area contributed by atoms with Crippen LogP contribution in [0.15, 0.2) is 48.7 Å². The Morgan fingerprint density at radius 2 is 1.94 bits per heavy atom. The van der Waals surface area contributed by atoms with Gasteiger partial charge in [-0.1, -0.05) is 0 Å². The van der Waals surface area contributed by atoms with E-state index in [1.54, 1.807) is 18.2 Å². The lowest BCUT2D eigenvalue weighted by atomic mass is 9.65. The van der Waals surface area contributed by atoms with Crippen molar-refractivity contribution >= 4 is 17.9 Å². The van der Waals surface area contributed by atoms with Gasteiger partial charge in [0, 0.05) is 35.4 Å². The molecule has 1 aromatic carbocycles. The van der Waals surface area contributed by atoms with Crippen LogP contribution in [0.1, 0.15) is 32.4 Å². The molecule has 3 aromatic rings. The average molecular weight is 455 g/mol. The quantitative estimate of drug-likeness (QED) is 0.500. The minimum Gasteiger partial charge on any atom is -0.368 e. The molecule has 0 unspecified atom stereocenters. The zero-order valence-corrected chi connectivity index (χ0v) is 18.3. The maximum Gasteiger partial charge on any atom is 0.214 e. The molecule has 2 aromatic heterocycles. The van der Waals surface area contributed by atoms with E-state index in [0.29, 0.717) is 23.6 Å². The van der Waals surface area contributed by atoms with E-state index in [1.807, 2.05) is 13.8 Å². The van der Waals surface area contributed by atoms with Crippen LogP contribution in [-0.2, 0) is 10.2 Å². The third-order valence-corrected chi connectivity index (χ3v) is 5.95. The summed E-state index contributed by atoms with van der Waals surface area (Å²) in [6.07, 6.45) is 1.52. The van der Waals surface area contributed by atoms with E-state index in [9.17, 15) is 18.0 Å². The molecule has 0 bridgehead atoms. The SMILES string of the molecule is CC(C)N(C=O)c1ccc(F)c(-c2ccc(NCC3(c4ncccc4F)CC(F)C3)nn2)c1. The van der Waals surface area contributed by atoms with Crippen LogP contribution in [0.25, 0.3) is 11.3 Å². The normalized spacial score (nSPS) is 19.8. The van der Waals surface area contributed by atoms with Gasteiger partial charge < -0.3 is 10.2 Å². The molecule has 1 fully saturated rings. The summed E-state index contributed by atoms with van der Waals surface area (Å²) < 4.78 is 42.5. The minimum atomic E-state index is -1.01. The van der Waals surface area contributed by atoms with Crippen molar-refractivity contribution in [2.24, 2.45) is 0 Å². The summed E-state index contributed by atoms with van der Waals surface area (Å²) in [6, 6.07) is 10.3. The molecule has 1 aliphatic rings. The third kappa shape index (κ3) is 4.53. The zero-order chi connectivity index (χ0) is 23.6. The average Bonchev–Trinajstić information content (AvgIpc) is 2.78. The van der Waals surface area contributed by atoms with Crippen molar-refractivity contribution < 1.29 is 18.0 Å². The summed E-state index contributed by atoms with van der Waals surface area (Å²) in [5, 5.41) is 11.3. The Bertz CT molecular complexity index is 1130. The highest BCUT2D eigenvalue weighted by atomic mass is 19.1. The number of hydrogen-bond acceptors (Lipinski definition) is 5. The molecule has 0 aliphatic heterocycles. The van der Waals surface area contributed by atoms with Gasteiger partial charge in [-0.25, -0.2) is 13.2 Å². The number of amides is 1. The first kappa shape index (κ1) is 22.7. The number of alkyl halides is 1. The van der Waals surface area contributed by atoms with E-state index < -0.39 is 23.2 Å². The fraction of sp³-hybridized carbons (Fsp3) is 0.333. The second-order valence-corrected chi connectivity index (χ2v) is 8.55. The number of halogens is 3. The van der Waals surface area contributed by atoms with Crippen molar-refractivity contribution in [2.75, 3.05) is 16.8 Å². The molecule has 1 amide bonds. The molecule has 1 aliphatic carbocycles. The van der Waals surface area contributed by atoms with Gasteiger partial charge in [0.05, 0.1) is 11.4 Å². The van der Waals surface area contributed by atoms with Gasteiger partial charge in [0.15, 0.2) is 0 Å². The summed E-state index contributed by atoms with van der Waals surface area (Å²) in [4.78, 5) is 17.0. The summed E-state index contributed by atoms with van der Waals surface area (Å²) in [5.41, 5.74) is 0.531. The first-order valence-corrected chi connectivity index (χ1v) is 10.7. The standard InChI is InChI=1S/C24H24F3N5O/c1-15(2)32(14-33)17-5-6-19(26)18(10-17)21-7-8-22(31-30-21)29-13-24(11-16(25)12-24)23-20(27)4-3-9-28-23/h3-10,14-16H,11-13H2,1-2H3,(H,29,31). The van der Waals surface area contributed by atoms with Gasteiger partial charge in [0.2, 0.25) is 6.41 Å². The fourth-order valence-corrected chi connectivity index (χ4v) is 4.17. The van der Waals surface area contributed by atoms with E-state index in [0.717, 1.165) is 0 Å². The molecule has 6 nitrogen and oxygen atoms in total. The number of nitrogens with one attached hydrogen (secondary N) is 1. The minimum absolute atomic E-state index is 0.0924. The number of benzene rings is 1. The zero-order valence-electron chi connectivity index (χ0n) is 18.3. The number of nitrogens with zero attached hydrogens (tertiary/aromatic N) is 4. The second kappa shape index (κ2) is 9.17. The first-order chi connectivity index (χ1) is 15.8. The number of pyridine rings is 1. The maximum absolute atomic E-state index is 14.5. The molecular formula is C24H24F3N5O. The molecule has 33 heavy (non-hydrogen) atoms. The maximum atomic E-state index is 14.5. The van der Waals surface area contributed by atoms with Crippen LogP contribution in [0.4, 0.5) is 24.7 Å². The Morgan fingerprint density at radius 1 is 1.15 bits per heavy atom. The summed E-state index contributed by atoms with van der Waals surface area (Å²) in [5.74, 6) is -0.560. The molecule has 1 saturated carbocycles. The van der Waals surface area contributed by atoms with Gasteiger partial charge in [-0.3, -0.25) is 9.78 Å². The lowest BCUT2D eigenvalue weighted by Crippen LogP contribution is -2.49. The molecule has 9 heteroatoms. The molecule has 0 saturated heterocycles. The van der Waals surface area contributed by atoms with Gasteiger partial charge in [0.25, 0.3) is 0 Å². The van der Waals surface area contributed by atoms with Crippen LogP contribution < -0.4 is 10.2 Å². The Morgan fingerprint density at radius 3 is 2.55 bits per heavy atom. The van der Waals surface area contributed by atoms with Crippen LogP contribution in [0.5, 0.6) is 0 Å². The third-order valence-electron chi connectivity index (χ3n) is 5.95. The fourth-order valence-electron chi connectivity index (χ4n) is 4.17. The van der Waals surface area contributed by atoms with Crippen LogP contribution >= 0.6 is 0 Å². The van der Waals surface area contributed by atoms with Gasteiger partial charge in [0.1, 0.15) is 23.6 Å². The Kier molecular flexibility index (Phi) is 6.31. The van der Waals surface area contributed by atoms with Crippen molar-refractivity contribution in [3.05, 3.63) is 66.0 Å². The van der Waals surface area contributed by atoms with Crippen molar-refractivity contribution in [1.29, 1.82) is 0 Å². The number of rotatable bonds is 8. The summed E-state index contributed by atoms with van der Waals surface area (Å²) >= 11 is 0. The van der Waals surface area contributed by atoms with Gasteiger partial charge in [-0.15, -0.1) is 10.2 Å².